The monoisotopic (exact) mass is 436 g/mol. The molecule has 4 rings (SSSR count). The van der Waals surface area contributed by atoms with Gasteiger partial charge in [0.2, 0.25) is 0 Å². The van der Waals surface area contributed by atoms with Gasteiger partial charge in [-0.25, -0.2) is 4.39 Å². The van der Waals surface area contributed by atoms with E-state index in [1.807, 2.05) is 39.0 Å². The highest BCUT2D eigenvalue weighted by Crippen LogP contribution is 2.41. The van der Waals surface area contributed by atoms with Gasteiger partial charge < -0.3 is 15.3 Å². The molecule has 2 aromatic rings. The van der Waals surface area contributed by atoms with Crippen LogP contribution in [0.4, 0.5) is 15.9 Å². The van der Waals surface area contributed by atoms with Crippen molar-refractivity contribution in [2.75, 3.05) is 11.4 Å². The minimum Gasteiger partial charge on any atom is -0.507 e. The zero-order valence-electron chi connectivity index (χ0n) is 19.4. The second-order valence-corrected chi connectivity index (χ2v) is 9.98. The highest BCUT2D eigenvalue weighted by atomic mass is 19.1. The van der Waals surface area contributed by atoms with Gasteiger partial charge in [-0.05, 0) is 64.4 Å². The molecule has 0 radical (unpaired) electrons. The van der Waals surface area contributed by atoms with Gasteiger partial charge in [-0.2, -0.15) is 0 Å². The number of nitrogens with one attached hydrogen (secondary N) is 1. The summed E-state index contributed by atoms with van der Waals surface area (Å²) in [6.45, 7) is 16.2. The molecule has 0 bridgehead atoms. The number of hydrogen-bond acceptors (Lipinski definition) is 5. The molecule has 0 spiro atoms. The lowest BCUT2D eigenvalue weighted by Gasteiger charge is -2.51. The second kappa shape index (κ2) is 7.86. The van der Waals surface area contributed by atoms with Crippen molar-refractivity contribution in [2.45, 2.75) is 70.8 Å². The predicted molar refractivity (Wildman–Crippen MR) is 127 cm³/mol. The van der Waals surface area contributed by atoms with E-state index in [9.17, 15) is 5.11 Å². The van der Waals surface area contributed by atoms with Crippen molar-refractivity contribution in [3.05, 3.63) is 40.2 Å². The number of benzene rings is 1. The van der Waals surface area contributed by atoms with Crippen molar-refractivity contribution in [3.8, 4) is 23.6 Å². The maximum absolute atomic E-state index is 15.5. The quantitative estimate of drug-likeness (QED) is 0.701. The average molecular weight is 437 g/mol. The Morgan fingerprint density at radius 2 is 2.00 bits per heavy atom. The number of rotatable bonds is 3. The third kappa shape index (κ3) is 3.84. The summed E-state index contributed by atoms with van der Waals surface area (Å²) in [6, 6.07) is 4.98. The smallest absolute Gasteiger partial charge is 0.347 e. The molecule has 2 N–H and O–H groups in total. The molecule has 2 aliphatic heterocycles. The highest BCUT2D eigenvalue weighted by molar-refractivity contribution is 5.79. The molecule has 2 aliphatic rings. The van der Waals surface area contributed by atoms with Gasteiger partial charge in [0.05, 0.1) is 22.9 Å². The fourth-order valence-electron chi connectivity index (χ4n) is 5.24. The summed E-state index contributed by atoms with van der Waals surface area (Å²) in [7, 11) is 0. The first-order valence-electron chi connectivity index (χ1n) is 11.0. The summed E-state index contributed by atoms with van der Waals surface area (Å²) < 4.78 is 15.5. The van der Waals surface area contributed by atoms with Gasteiger partial charge in [0, 0.05) is 29.3 Å². The van der Waals surface area contributed by atoms with E-state index in [0.717, 1.165) is 23.4 Å². The summed E-state index contributed by atoms with van der Waals surface area (Å²) in [5.74, 6) is 0.809. The molecule has 0 unspecified atom stereocenters. The lowest BCUT2D eigenvalue weighted by Crippen LogP contribution is -2.69. The van der Waals surface area contributed by atoms with E-state index in [2.05, 4.69) is 39.1 Å². The van der Waals surface area contributed by atoms with E-state index in [-0.39, 0.29) is 17.3 Å². The number of halogens is 1. The lowest BCUT2D eigenvalue weighted by molar-refractivity contribution is 0.0555. The maximum atomic E-state index is 15.5. The van der Waals surface area contributed by atoms with Crippen LogP contribution < -0.4 is 10.2 Å². The van der Waals surface area contributed by atoms with Crippen molar-refractivity contribution in [3.63, 3.8) is 0 Å². The van der Waals surface area contributed by atoms with Crippen LogP contribution in [0.3, 0.4) is 0 Å². The largest absolute Gasteiger partial charge is 0.507 e. The van der Waals surface area contributed by atoms with Gasteiger partial charge in [-0.1, -0.05) is 12.2 Å². The molecule has 0 aliphatic carbocycles. The molecular weight excluding hydrogens is 405 g/mol. The van der Waals surface area contributed by atoms with Crippen molar-refractivity contribution in [1.29, 1.82) is 0 Å². The highest BCUT2D eigenvalue weighted by Gasteiger charge is 2.49. The van der Waals surface area contributed by atoms with Gasteiger partial charge in [-0.3, -0.25) is 0 Å². The van der Waals surface area contributed by atoms with Crippen LogP contribution in [0, 0.1) is 6.57 Å². The third-order valence-electron chi connectivity index (χ3n) is 6.46. The summed E-state index contributed by atoms with van der Waals surface area (Å²) in [5, 5.41) is 22.9. The Labute approximate surface area is 189 Å². The van der Waals surface area contributed by atoms with Crippen molar-refractivity contribution < 1.29 is 9.50 Å². The molecule has 1 aromatic carbocycles. The number of aromatic hydroxyl groups is 1. The van der Waals surface area contributed by atoms with E-state index < -0.39 is 11.7 Å². The summed E-state index contributed by atoms with van der Waals surface area (Å²) >= 11 is 0. The number of phenolic OH excluding ortho intramolecular Hbond substituents is 1. The SMILES string of the molecule is C#[N+]c1cc(-c2cc3c(nn2)N([C@H]2CC(C)(C)NC(C)(C)[C@H]2F)CC3)c(O)cc1/C=C\C. The van der Waals surface area contributed by atoms with Crippen molar-refractivity contribution in [1.82, 2.24) is 15.5 Å². The molecule has 2 atom stereocenters. The molecule has 6 nitrogen and oxygen atoms in total. The number of allylic oxidation sites excluding steroid dienone is 1. The van der Waals surface area contributed by atoms with Crippen LogP contribution >= 0.6 is 0 Å². The summed E-state index contributed by atoms with van der Waals surface area (Å²) in [6.07, 6.45) is 4.07. The van der Waals surface area contributed by atoms with Crippen LogP contribution in [0.2, 0.25) is 0 Å². The second-order valence-electron chi connectivity index (χ2n) is 9.98. The molecule has 32 heavy (non-hydrogen) atoms. The van der Waals surface area contributed by atoms with Crippen molar-refractivity contribution >= 4 is 17.6 Å². The zero-order chi connectivity index (χ0) is 23.3. The van der Waals surface area contributed by atoms with E-state index in [0.29, 0.717) is 29.9 Å². The molecule has 1 aromatic heterocycles. The lowest BCUT2D eigenvalue weighted by atomic mass is 9.77. The fourth-order valence-corrected chi connectivity index (χ4v) is 5.24. The van der Waals surface area contributed by atoms with E-state index >= 15 is 4.39 Å². The van der Waals surface area contributed by atoms with E-state index in [4.69, 9.17) is 6.57 Å². The standard InChI is InChI=1S/C25H30FN5O/c1-7-8-15-12-21(32)17(13-18(15)27-6)19-11-16-9-10-31(23(16)29-28-19)20-14-24(2,3)30-25(4,5)22(20)26/h6-8,11-13,20,22,30H,9-10,14H2,1-5H3/p+1/b8-7-/t20-,22-/m0/s1. The number of aromatic nitrogens is 2. The fraction of sp³-hybridized carbons (Fsp3) is 0.480. The number of hydrogen-bond donors (Lipinski definition) is 2. The minimum absolute atomic E-state index is 0.0836. The van der Waals surface area contributed by atoms with Crippen LogP contribution in [0.5, 0.6) is 5.75 Å². The number of piperidine rings is 1. The number of nitrogens with zero attached hydrogens (tertiary/aromatic N) is 4. The predicted octanol–water partition coefficient (Wildman–Crippen LogP) is 5.10. The van der Waals surface area contributed by atoms with Crippen LogP contribution in [0.15, 0.2) is 24.3 Å². The van der Waals surface area contributed by atoms with Crippen LogP contribution in [-0.4, -0.2) is 45.1 Å². The van der Waals surface area contributed by atoms with Crippen LogP contribution in [0.1, 0.15) is 52.2 Å². The summed E-state index contributed by atoms with van der Waals surface area (Å²) in [5.41, 5.74) is 2.52. The molecule has 168 valence electrons. The Morgan fingerprint density at radius 1 is 1.25 bits per heavy atom. The average Bonchev–Trinajstić information content (AvgIpc) is 3.13. The maximum Gasteiger partial charge on any atom is 0.347 e. The number of alkyl halides is 1. The molecule has 1 saturated heterocycles. The van der Waals surface area contributed by atoms with Gasteiger partial charge in [0.15, 0.2) is 5.82 Å². The topological polar surface area (TPSA) is 65.6 Å². The molecule has 1 fully saturated rings. The van der Waals surface area contributed by atoms with Gasteiger partial charge in [-0.15, -0.1) is 10.2 Å². The van der Waals surface area contributed by atoms with Gasteiger partial charge >= 0.3 is 5.69 Å². The Bertz CT molecular complexity index is 1120. The van der Waals surface area contributed by atoms with Crippen molar-refractivity contribution in [2.24, 2.45) is 0 Å². The Hall–Kier alpha value is -2.98. The first-order valence-corrected chi connectivity index (χ1v) is 11.0. The van der Waals surface area contributed by atoms with E-state index in [1.54, 1.807) is 12.1 Å². The molecular formula is C25H31FN5O+. The first-order chi connectivity index (χ1) is 15.1. The normalized spacial score (nSPS) is 23.8. The summed E-state index contributed by atoms with van der Waals surface area (Å²) in [4.78, 5) is 5.90. The van der Waals surface area contributed by atoms with Crippen LogP contribution in [0.25, 0.3) is 22.2 Å². The minimum atomic E-state index is -1.04. The van der Waals surface area contributed by atoms with Gasteiger partial charge in [0.25, 0.3) is 6.57 Å². The van der Waals surface area contributed by atoms with Gasteiger partial charge in [0.1, 0.15) is 11.9 Å². The molecule has 0 amide bonds. The Balaban J connectivity index is 1.69. The zero-order valence-corrected chi connectivity index (χ0v) is 19.4. The van der Waals surface area contributed by atoms with E-state index in [1.165, 1.54) is 0 Å². The molecule has 0 saturated carbocycles. The Kier molecular flexibility index (Phi) is 5.46. The molecule has 3 heterocycles. The van der Waals surface area contributed by atoms with Crippen LogP contribution in [-0.2, 0) is 6.42 Å². The Morgan fingerprint density at radius 3 is 2.69 bits per heavy atom. The third-order valence-corrected chi connectivity index (χ3v) is 6.46. The number of phenols is 1. The number of fused-ring (bicyclic) bond motifs is 1. The number of anilines is 1. The first kappa shape index (κ1) is 22.2. The molecule has 7 heteroatoms.